The van der Waals surface area contributed by atoms with Gasteiger partial charge >= 0.3 is 0 Å². The van der Waals surface area contributed by atoms with Gasteiger partial charge in [-0.25, -0.2) is 4.98 Å². The maximum Gasteiger partial charge on any atom is 0.271 e. The molecule has 2 aromatic carbocycles. The average molecular weight is 407 g/mol. The van der Waals surface area contributed by atoms with E-state index in [-0.39, 0.29) is 18.6 Å². The Morgan fingerprint density at radius 3 is 2.77 bits per heavy atom. The third kappa shape index (κ3) is 4.75. The Labute approximate surface area is 165 Å². The lowest BCUT2D eigenvalue weighted by Gasteiger charge is -2.13. The van der Waals surface area contributed by atoms with Crippen molar-refractivity contribution < 1.29 is 9.53 Å². The van der Waals surface area contributed by atoms with Crippen LogP contribution in [0.5, 0.6) is 5.75 Å². The predicted octanol–water partition coefficient (Wildman–Crippen LogP) is 5.52. The van der Waals surface area contributed by atoms with Gasteiger partial charge in [0.05, 0.1) is 11.1 Å². The molecule has 0 radical (unpaired) electrons. The van der Waals surface area contributed by atoms with Crippen LogP contribution in [0.25, 0.3) is 0 Å². The minimum Gasteiger partial charge on any atom is -0.485 e. The highest BCUT2D eigenvalue weighted by atomic mass is 35.5. The first-order chi connectivity index (χ1) is 12.5. The predicted molar refractivity (Wildman–Crippen MR) is 105 cm³/mol. The molecule has 3 rings (SSSR count). The minimum absolute atomic E-state index is 0.102. The van der Waals surface area contributed by atoms with Crippen LogP contribution in [0, 0.1) is 0 Å². The van der Waals surface area contributed by atoms with Gasteiger partial charge in [-0.05, 0) is 24.6 Å². The van der Waals surface area contributed by atoms with Crippen LogP contribution in [0.3, 0.4) is 0 Å². The summed E-state index contributed by atoms with van der Waals surface area (Å²) in [6.45, 7) is 2.15. The van der Waals surface area contributed by atoms with E-state index in [1.165, 1.54) is 11.3 Å². The number of nitrogens with zero attached hydrogens (tertiary/aromatic N) is 1. The van der Waals surface area contributed by atoms with E-state index in [0.29, 0.717) is 26.5 Å². The third-order valence-electron chi connectivity index (χ3n) is 3.68. The van der Waals surface area contributed by atoms with Crippen LogP contribution in [-0.2, 0) is 6.61 Å². The van der Waals surface area contributed by atoms with E-state index < -0.39 is 0 Å². The second-order valence-corrected chi connectivity index (χ2v) is 7.38. The van der Waals surface area contributed by atoms with Crippen LogP contribution < -0.4 is 10.1 Å². The molecule has 0 unspecified atom stereocenters. The fraction of sp³-hybridized carbons (Fsp3) is 0.158. The van der Waals surface area contributed by atoms with E-state index in [1.807, 2.05) is 37.3 Å². The van der Waals surface area contributed by atoms with Crippen molar-refractivity contribution in [3.8, 4) is 5.75 Å². The Hall–Kier alpha value is -2.08. The highest BCUT2D eigenvalue weighted by Gasteiger charge is 2.15. The minimum atomic E-state index is -0.218. The molecule has 1 amide bonds. The zero-order valence-electron chi connectivity index (χ0n) is 13.9. The van der Waals surface area contributed by atoms with Crippen molar-refractivity contribution in [3.05, 3.63) is 80.2 Å². The highest BCUT2D eigenvalue weighted by molar-refractivity contribution is 7.09. The second kappa shape index (κ2) is 8.54. The molecule has 0 fully saturated rings. The molecule has 0 saturated carbocycles. The van der Waals surface area contributed by atoms with Gasteiger partial charge in [0.15, 0.2) is 0 Å². The van der Waals surface area contributed by atoms with Gasteiger partial charge in [0, 0.05) is 16.5 Å². The Morgan fingerprint density at radius 1 is 1.23 bits per heavy atom. The summed E-state index contributed by atoms with van der Waals surface area (Å²) >= 11 is 13.4. The van der Waals surface area contributed by atoms with Crippen LogP contribution in [0.1, 0.15) is 34.0 Å². The number of amides is 1. The van der Waals surface area contributed by atoms with Crippen molar-refractivity contribution in [2.75, 3.05) is 0 Å². The molecule has 7 heteroatoms. The molecule has 1 aromatic heterocycles. The van der Waals surface area contributed by atoms with Crippen molar-refractivity contribution in [2.45, 2.75) is 19.6 Å². The summed E-state index contributed by atoms with van der Waals surface area (Å²) in [6.07, 6.45) is 0. The number of thiazole rings is 1. The maximum atomic E-state index is 12.4. The Kier molecular flexibility index (Phi) is 6.14. The number of halogens is 2. The highest BCUT2D eigenvalue weighted by Crippen LogP contribution is 2.28. The summed E-state index contributed by atoms with van der Waals surface area (Å²) in [5.41, 5.74) is 1.41. The number of carbonyl (C=O) groups is 1. The van der Waals surface area contributed by atoms with Crippen molar-refractivity contribution in [3.63, 3.8) is 0 Å². The Bertz CT molecular complexity index is 900. The largest absolute Gasteiger partial charge is 0.485 e. The lowest BCUT2D eigenvalue weighted by Crippen LogP contribution is -2.26. The summed E-state index contributed by atoms with van der Waals surface area (Å²) in [5, 5.41) is 6.35. The van der Waals surface area contributed by atoms with E-state index >= 15 is 0 Å². The molecule has 3 aromatic rings. The van der Waals surface area contributed by atoms with E-state index in [1.54, 1.807) is 23.6 Å². The lowest BCUT2D eigenvalue weighted by atomic mass is 10.1. The molecule has 0 aliphatic heterocycles. The van der Waals surface area contributed by atoms with Crippen LogP contribution in [-0.4, -0.2) is 10.9 Å². The van der Waals surface area contributed by atoms with Crippen molar-refractivity contribution >= 4 is 40.4 Å². The van der Waals surface area contributed by atoms with Gasteiger partial charge < -0.3 is 10.1 Å². The molecule has 4 nitrogen and oxygen atoms in total. The number of aromatic nitrogens is 1. The maximum absolute atomic E-state index is 12.4. The Balaban J connectivity index is 1.60. The molecule has 0 aliphatic rings. The number of carbonyl (C=O) groups excluding carboxylic acids is 1. The molecule has 0 bridgehead atoms. The van der Waals surface area contributed by atoms with Gasteiger partial charge in [-0.1, -0.05) is 53.5 Å². The molecule has 1 N–H and O–H groups in total. The van der Waals surface area contributed by atoms with Gasteiger partial charge in [-0.15, -0.1) is 11.3 Å². The molecule has 0 saturated heterocycles. The summed E-state index contributed by atoms with van der Waals surface area (Å²) in [6, 6.07) is 14.7. The smallest absolute Gasteiger partial charge is 0.271 e. The lowest BCUT2D eigenvalue weighted by molar-refractivity contribution is 0.0935. The van der Waals surface area contributed by atoms with Gasteiger partial charge in [0.2, 0.25) is 0 Å². The van der Waals surface area contributed by atoms with E-state index in [9.17, 15) is 4.79 Å². The summed E-state index contributed by atoms with van der Waals surface area (Å²) < 4.78 is 5.65. The molecule has 0 spiro atoms. The van der Waals surface area contributed by atoms with Crippen molar-refractivity contribution in [1.82, 2.24) is 10.3 Å². The van der Waals surface area contributed by atoms with Crippen molar-refractivity contribution in [2.24, 2.45) is 0 Å². The van der Waals surface area contributed by atoms with Crippen LogP contribution in [0.15, 0.2) is 53.9 Å². The molecule has 1 atom stereocenters. The van der Waals surface area contributed by atoms with E-state index in [4.69, 9.17) is 27.9 Å². The fourth-order valence-corrected chi connectivity index (χ4v) is 3.32. The number of hydrogen-bond donors (Lipinski definition) is 1. The number of hydrogen-bond acceptors (Lipinski definition) is 4. The molecule has 1 heterocycles. The number of rotatable bonds is 6. The van der Waals surface area contributed by atoms with Crippen LogP contribution in [0.2, 0.25) is 10.0 Å². The first-order valence-corrected chi connectivity index (χ1v) is 9.54. The summed E-state index contributed by atoms with van der Waals surface area (Å²) in [5.74, 6) is 0.266. The van der Waals surface area contributed by atoms with Gasteiger partial charge in [-0.3, -0.25) is 4.79 Å². The normalized spacial score (nSPS) is 11.8. The quantitative estimate of drug-likeness (QED) is 0.586. The van der Waals surface area contributed by atoms with Gasteiger partial charge in [0.1, 0.15) is 23.1 Å². The summed E-state index contributed by atoms with van der Waals surface area (Å²) in [4.78, 5) is 16.7. The van der Waals surface area contributed by atoms with E-state index in [0.717, 1.165) is 5.56 Å². The summed E-state index contributed by atoms with van der Waals surface area (Å²) in [7, 11) is 0. The number of nitrogens with one attached hydrogen (secondary N) is 1. The van der Waals surface area contributed by atoms with Gasteiger partial charge in [-0.2, -0.15) is 0 Å². The fourth-order valence-electron chi connectivity index (χ4n) is 2.30. The Morgan fingerprint density at radius 2 is 2.00 bits per heavy atom. The first-order valence-electron chi connectivity index (χ1n) is 7.91. The zero-order chi connectivity index (χ0) is 18.5. The standard InChI is InChI=1S/C19H16Cl2N2O2S/c1-12(13-5-3-2-4-6-13)22-19(24)16-11-26-18(23-16)10-25-17-9-14(20)7-8-15(17)21/h2-9,11-12H,10H2,1H3,(H,22,24)/t12-/m0/s1. The van der Waals surface area contributed by atoms with Crippen LogP contribution >= 0.6 is 34.5 Å². The average Bonchev–Trinajstić information content (AvgIpc) is 3.12. The van der Waals surface area contributed by atoms with Gasteiger partial charge in [0.25, 0.3) is 5.91 Å². The topological polar surface area (TPSA) is 51.2 Å². The zero-order valence-corrected chi connectivity index (χ0v) is 16.2. The number of benzene rings is 2. The SMILES string of the molecule is C[C@H](NC(=O)c1csc(COc2cc(Cl)ccc2Cl)n1)c1ccccc1. The van der Waals surface area contributed by atoms with Crippen molar-refractivity contribution in [1.29, 1.82) is 0 Å². The molecular formula is C19H16Cl2N2O2S. The molecule has 26 heavy (non-hydrogen) atoms. The first kappa shape index (κ1) is 18.7. The van der Waals surface area contributed by atoms with E-state index in [2.05, 4.69) is 10.3 Å². The molecule has 134 valence electrons. The third-order valence-corrected chi connectivity index (χ3v) is 5.05. The molecule has 0 aliphatic carbocycles. The molecular weight excluding hydrogens is 391 g/mol. The second-order valence-electron chi connectivity index (χ2n) is 5.60. The monoisotopic (exact) mass is 406 g/mol. The number of ether oxygens (including phenoxy) is 1. The van der Waals surface area contributed by atoms with Crippen LogP contribution in [0.4, 0.5) is 0 Å².